The van der Waals surface area contributed by atoms with Gasteiger partial charge >= 0.3 is 0 Å². The van der Waals surface area contributed by atoms with Crippen molar-refractivity contribution in [2.45, 2.75) is 26.4 Å². The molecule has 0 bridgehead atoms. The molecule has 1 N–H and O–H groups in total. The maximum absolute atomic E-state index is 5.75. The Labute approximate surface area is 119 Å². The first-order valence-corrected chi connectivity index (χ1v) is 7.04. The molecular formula is C15H21N3O2. The van der Waals surface area contributed by atoms with Crippen LogP contribution in [0.5, 0.6) is 0 Å². The molecule has 0 amide bonds. The van der Waals surface area contributed by atoms with Gasteiger partial charge in [0.15, 0.2) is 0 Å². The van der Waals surface area contributed by atoms with Crippen molar-refractivity contribution < 1.29 is 9.26 Å². The summed E-state index contributed by atoms with van der Waals surface area (Å²) in [5.41, 5.74) is 1.04. The molecule has 0 aliphatic rings. The van der Waals surface area contributed by atoms with Gasteiger partial charge in [0, 0.05) is 19.6 Å². The molecule has 0 saturated heterocycles. The zero-order valence-electron chi connectivity index (χ0n) is 12.0. The zero-order valence-corrected chi connectivity index (χ0v) is 12.0. The predicted molar refractivity (Wildman–Crippen MR) is 76.5 cm³/mol. The number of benzene rings is 1. The topological polar surface area (TPSA) is 60.2 Å². The third kappa shape index (κ3) is 3.88. The largest absolute Gasteiger partial charge is 0.366 e. The van der Waals surface area contributed by atoms with E-state index in [1.54, 1.807) is 0 Å². The summed E-state index contributed by atoms with van der Waals surface area (Å²) in [7, 11) is 0. The van der Waals surface area contributed by atoms with Gasteiger partial charge in [0.05, 0.1) is 0 Å². The second-order valence-electron chi connectivity index (χ2n) is 4.40. The van der Waals surface area contributed by atoms with Gasteiger partial charge in [0.25, 0.3) is 0 Å². The van der Waals surface area contributed by atoms with Crippen LogP contribution in [-0.2, 0) is 11.2 Å². The molecule has 5 nitrogen and oxygen atoms in total. The number of likely N-dealkylation sites (N-methyl/N-ethyl adjacent to an activating group) is 1. The summed E-state index contributed by atoms with van der Waals surface area (Å²) in [4.78, 5) is 4.43. The molecule has 1 aromatic carbocycles. The third-order valence-electron chi connectivity index (χ3n) is 2.92. The normalized spacial score (nSPS) is 12.5. The summed E-state index contributed by atoms with van der Waals surface area (Å²) in [5.74, 6) is 1.23. The Bertz CT molecular complexity index is 499. The Balaban J connectivity index is 2.10. The molecule has 5 heteroatoms. The minimum Gasteiger partial charge on any atom is -0.366 e. The Morgan fingerprint density at radius 2 is 2.05 bits per heavy atom. The maximum atomic E-state index is 5.75. The number of ether oxygens (including phenoxy) is 1. The van der Waals surface area contributed by atoms with E-state index in [-0.39, 0.29) is 6.10 Å². The van der Waals surface area contributed by atoms with Crippen LogP contribution in [-0.4, -0.2) is 29.8 Å². The van der Waals surface area contributed by atoms with E-state index in [0.29, 0.717) is 18.3 Å². The van der Waals surface area contributed by atoms with Gasteiger partial charge in [-0.3, -0.25) is 0 Å². The van der Waals surface area contributed by atoms with Crippen LogP contribution in [0.25, 0.3) is 0 Å². The van der Waals surface area contributed by atoms with Gasteiger partial charge in [-0.25, -0.2) is 0 Å². The van der Waals surface area contributed by atoms with Crippen molar-refractivity contribution in [1.82, 2.24) is 15.5 Å². The van der Waals surface area contributed by atoms with Gasteiger partial charge in [-0.05, 0) is 19.0 Å². The third-order valence-corrected chi connectivity index (χ3v) is 2.92. The van der Waals surface area contributed by atoms with Gasteiger partial charge in [-0.2, -0.15) is 4.98 Å². The highest BCUT2D eigenvalue weighted by Crippen LogP contribution is 2.23. The Kier molecular flexibility index (Phi) is 5.70. The minimum atomic E-state index is -0.266. The predicted octanol–water partition coefficient (Wildman–Crippen LogP) is 2.35. The summed E-state index contributed by atoms with van der Waals surface area (Å²) < 4.78 is 11.0. The van der Waals surface area contributed by atoms with E-state index < -0.39 is 0 Å². The molecule has 0 spiro atoms. The molecule has 20 heavy (non-hydrogen) atoms. The summed E-state index contributed by atoms with van der Waals surface area (Å²) in [6.45, 7) is 6.40. The van der Waals surface area contributed by atoms with Crippen molar-refractivity contribution in [3.8, 4) is 0 Å². The molecule has 2 aromatic rings. The first-order valence-electron chi connectivity index (χ1n) is 7.04. The molecule has 1 atom stereocenters. The molecule has 1 aromatic heterocycles. The number of nitrogens with one attached hydrogen (secondary N) is 1. The van der Waals surface area contributed by atoms with Crippen molar-refractivity contribution in [2.24, 2.45) is 0 Å². The van der Waals surface area contributed by atoms with Crippen LogP contribution in [0, 0.1) is 0 Å². The van der Waals surface area contributed by atoms with Gasteiger partial charge in [-0.1, -0.05) is 42.4 Å². The van der Waals surface area contributed by atoms with E-state index in [0.717, 1.165) is 25.1 Å². The number of hydrogen-bond donors (Lipinski definition) is 1. The van der Waals surface area contributed by atoms with Crippen LogP contribution in [0.3, 0.4) is 0 Å². The molecule has 0 aliphatic heterocycles. The number of hydrogen-bond acceptors (Lipinski definition) is 5. The average Bonchev–Trinajstić information content (AvgIpc) is 2.94. The summed E-state index contributed by atoms with van der Waals surface area (Å²) in [6.07, 6.45) is 0.465. The van der Waals surface area contributed by atoms with Crippen LogP contribution >= 0.6 is 0 Å². The summed E-state index contributed by atoms with van der Waals surface area (Å²) >= 11 is 0. The van der Waals surface area contributed by atoms with Gasteiger partial charge < -0.3 is 14.6 Å². The lowest BCUT2D eigenvalue weighted by atomic mass is 10.1. The van der Waals surface area contributed by atoms with Crippen molar-refractivity contribution in [2.75, 3.05) is 19.7 Å². The van der Waals surface area contributed by atoms with Gasteiger partial charge in [0.2, 0.25) is 11.7 Å². The standard InChI is InChI=1S/C15H21N3O2/c1-3-16-11-10-13-17-15(18-20-13)14(19-4-2)12-8-6-5-7-9-12/h5-9,14,16H,3-4,10-11H2,1-2H3. The molecule has 0 radical (unpaired) electrons. The molecule has 108 valence electrons. The highest BCUT2D eigenvalue weighted by Gasteiger charge is 2.20. The molecule has 0 saturated carbocycles. The summed E-state index contributed by atoms with van der Waals surface area (Å²) in [5, 5.41) is 7.28. The Morgan fingerprint density at radius 1 is 1.25 bits per heavy atom. The molecule has 1 unspecified atom stereocenters. The number of aromatic nitrogens is 2. The highest BCUT2D eigenvalue weighted by atomic mass is 16.5. The smallest absolute Gasteiger partial charge is 0.228 e. The fourth-order valence-corrected chi connectivity index (χ4v) is 1.96. The molecule has 0 aliphatic carbocycles. The van der Waals surface area contributed by atoms with Crippen molar-refractivity contribution in [3.63, 3.8) is 0 Å². The lowest BCUT2D eigenvalue weighted by molar-refractivity contribution is 0.0833. The van der Waals surface area contributed by atoms with Crippen molar-refractivity contribution in [3.05, 3.63) is 47.6 Å². The first kappa shape index (κ1) is 14.7. The van der Waals surface area contributed by atoms with Crippen LogP contribution in [0.15, 0.2) is 34.9 Å². The van der Waals surface area contributed by atoms with E-state index in [9.17, 15) is 0 Å². The van der Waals surface area contributed by atoms with Crippen molar-refractivity contribution >= 4 is 0 Å². The van der Waals surface area contributed by atoms with Crippen LogP contribution in [0.1, 0.15) is 37.2 Å². The highest BCUT2D eigenvalue weighted by molar-refractivity contribution is 5.22. The molecular weight excluding hydrogens is 254 g/mol. The van der Waals surface area contributed by atoms with E-state index in [1.165, 1.54) is 0 Å². The fourth-order valence-electron chi connectivity index (χ4n) is 1.96. The molecule has 0 fully saturated rings. The Morgan fingerprint density at radius 3 is 2.75 bits per heavy atom. The second-order valence-corrected chi connectivity index (χ2v) is 4.40. The Hall–Kier alpha value is -1.72. The van der Waals surface area contributed by atoms with E-state index in [1.807, 2.05) is 37.3 Å². The summed E-state index contributed by atoms with van der Waals surface area (Å²) in [6, 6.07) is 9.95. The second kappa shape index (κ2) is 7.77. The SMILES string of the molecule is CCNCCc1nc(C(OCC)c2ccccc2)no1. The van der Waals surface area contributed by atoms with Crippen LogP contribution < -0.4 is 5.32 Å². The molecule has 2 rings (SSSR count). The first-order chi connectivity index (χ1) is 9.85. The van der Waals surface area contributed by atoms with E-state index in [4.69, 9.17) is 9.26 Å². The zero-order chi connectivity index (χ0) is 14.2. The lowest BCUT2D eigenvalue weighted by Crippen LogP contribution is -2.16. The van der Waals surface area contributed by atoms with Crippen LogP contribution in [0.2, 0.25) is 0 Å². The minimum absolute atomic E-state index is 0.266. The van der Waals surface area contributed by atoms with E-state index in [2.05, 4.69) is 22.4 Å². The fraction of sp³-hybridized carbons (Fsp3) is 0.467. The average molecular weight is 275 g/mol. The van der Waals surface area contributed by atoms with Gasteiger partial charge in [0.1, 0.15) is 6.10 Å². The van der Waals surface area contributed by atoms with Crippen molar-refractivity contribution in [1.29, 1.82) is 0 Å². The maximum Gasteiger partial charge on any atom is 0.228 e. The molecule has 1 heterocycles. The quantitative estimate of drug-likeness (QED) is 0.749. The number of nitrogens with zero attached hydrogens (tertiary/aromatic N) is 2. The van der Waals surface area contributed by atoms with Gasteiger partial charge in [-0.15, -0.1) is 0 Å². The number of rotatable bonds is 8. The lowest BCUT2D eigenvalue weighted by Gasteiger charge is -2.13. The monoisotopic (exact) mass is 275 g/mol. The van der Waals surface area contributed by atoms with E-state index >= 15 is 0 Å². The van der Waals surface area contributed by atoms with Crippen LogP contribution in [0.4, 0.5) is 0 Å².